The van der Waals surface area contributed by atoms with E-state index in [0.29, 0.717) is 17.7 Å². The largest absolute Gasteiger partial charge is 0.451 e. The first-order valence-corrected chi connectivity index (χ1v) is 8.81. The predicted molar refractivity (Wildman–Crippen MR) is 101 cm³/mol. The Labute approximate surface area is 153 Å². The van der Waals surface area contributed by atoms with Gasteiger partial charge in [-0.25, -0.2) is 0 Å². The van der Waals surface area contributed by atoms with E-state index in [-0.39, 0.29) is 18.2 Å². The highest BCUT2D eigenvalue weighted by atomic mass is 16.5. The van der Waals surface area contributed by atoms with E-state index in [1.807, 2.05) is 4.57 Å². The summed E-state index contributed by atoms with van der Waals surface area (Å²) in [6.07, 6.45) is 3.47. The Morgan fingerprint density at radius 3 is 2.50 bits per heavy atom. The zero-order valence-electron chi connectivity index (χ0n) is 15.5. The molecule has 7 heteroatoms. The van der Waals surface area contributed by atoms with E-state index in [2.05, 4.69) is 38.5 Å². The second-order valence-electron chi connectivity index (χ2n) is 6.12. The fourth-order valence-corrected chi connectivity index (χ4v) is 3.07. The van der Waals surface area contributed by atoms with Crippen LogP contribution < -0.4 is 15.2 Å². The zero-order chi connectivity index (χ0) is 18.5. The molecule has 2 aromatic heterocycles. The Kier molecular flexibility index (Phi) is 5.48. The van der Waals surface area contributed by atoms with E-state index in [0.717, 1.165) is 31.9 Å². The monoisotopic (exact) mass is 353 g/mol. The van der Waals surface area contributed by atoms with E-state index in [4.69, 9.17) is 4.74 Å². The van der Waals surface area contributed by atoms with Crippen LogP contribution in [0.3, 0.4) is 0 Å². The van der Waals surface area contributed by atoms with Gasteiger partial charge in [0.2, 0.25) is 5.95 Å². The fraction of sp³-hybridized carbons (Fsp3) is 0.526. The van der Waals surface area contributed by atoms with Crippen molar-refractivity contribution in [3.05, 3.63) is 10.4 Å². The molecule has 7 nitrogen and oxygen atoms in total. The first kappa shape index (κ1) is 17.9. The highest BCUT2D eigenvalue weighted by Gasteiger charge is 2.23. The van der Waals surface area contributed by atoms with Gasteiger partial charge in [-0.1, -0.05) is 11.8 Å². The van der Waals surface area contributed by atoms with Gasteiger partial charge in [0.25, 0.3) is 5.56 Å². The summed E-state index contributed by atoms with van der Waals surface area (Å²) in [6, 6.07) is 0.224. The summed E-state index contributed by atoms with van der Waals surface area (Å²) in [4.78, 5) is 24.3. The van der Waals surface area contributed by atoms with Crippen LogP contribution >= 0.6 is 0 Å². The molecule has 0 radical (unpaired) electrons. The second kappa shape index (κ2) is 7.97. The number of nitrogens with zero attached hydrogens (tertiary/aromatic N) is 5. The molecule has 136 valence electrons. The van der Waals surface area contributed by atoms with Gasteiger partial charge >= 0.3 is 6.01 Å². The summed E-state index contributed by atoms with van der Waals surface area (Å²) in [6.45, 7) is 5.98. The predicted octanol–water partition coefficient (Wildman–Crippen LogP) is 1.55. The van der Waals surface area contributed by atoms with Crippen molar-refractivity contribution >= 4 is 17.1 Å². The maximum absolute atomic E-state index is 12.9. The summed E-state index contributed by atoms with van der Waals surface area (Å²) < 4.78 is 8.81. The van der Waals surface area contributed by atoms with Gasteiger partial charge in [-0.2, -0.15) is 9.97 Å². The molecule has 2 aromatic rings. The SMILES string of the molecule is CC#CCOc1nc2nc(N3CCCCC3)n(CC#CC)c2c(=O)n1C. The van der Waals surface area contributed by atoms with Crippen molar-refractivity contribution in [2.24, 2.45) is 7.05 Å². The van der Waals surface area contributed by atoms with Gasteiger partial charge in [-0.05, 0) is 33.1 Å². The molecule has 3 rings (SSSR count). The average molecular weight is 353 g/mol. The van der Waals surface area contributed by atoms with E-state index < -0.39 is 0 Å². The summed E-state index contributed by atoms with van der Waals surface area (Å²) in [5.74, 6) is 12.3. The summed E-state index contributed by atoms with van der Waals surface area (Å²) in [7, 11) is 1.65. The molecule has 0 atom stereocenters. The van der Waals surface area contributed by atoms with E-state index in [9.17, 15) is 4.79 Å². The Morgan fingerprint density at radius 2 is 1.81 bits per heavy atom. The highest BCUT2D eigenvalue weighted by Crippen LogP contribution is 2.23. The summed E-state index contributed by atoms with van der Waals surface area (Å²) >= 11 is 0. The molecule has 1 aliphatic rings. The molecule has 0 aliphatic carbocycles. The lowest BCUT2D eigenvalue weighted by Gasteiger charge is -2.27. The number of rotatable bonds is 4. The lowest BCUT2D eigenvalue weighted by atomic mass is 10.1. The number of piperidine rings is 1. The number of ether oxygens (including phenoxy) is 1. The topological polar surface area (TPSA) is 65.2 Å². The Morgan fingerprint density at radius 1 is 1.08 bits per heavy atom. The molecule has 0 aromatic carbocycles. The first-order valence-electron chi connectivity index (χ1n) is 8.81. The van der Waals surface area contributed by atoms with Gasteiger partial charge in [0, 0.05) is 20.1 Å². The number of hydrogen-bond donors (Lipinski definition) is 0. The number of imidazole rings is 1. The van der Waals surface area contributed by atoms with E-state index in [1.54, 1.807) is 20.9 Å². The van der Waals surface area contributed by atoms with Crippen molar-refractivity contribution < 1.29 is 4.74 Å². The molecule has 0 unspecified atom stereocenters. The van der Waals surface area contributed by atoms with Crippen LogP contribution in [0, 0.1) is 23.7 Å². The van der Waals surface area contributed by atoms with Gasteiger partial charge in [0.05, 0.1) is 6.54 Å². The standard InChI is InChI=1S/C19H23N5O2/c1-4-6-13-24-15-16(20-18(24)23-11-9-8-10-12-23)21-19(22(3)17(15)25)26-14-7-5-2/h8-14H2,1-3H3. The van der Waals surface area contributed by atoms with E-state index >= 15 is 0 Å². The molecule has 1 saturated heterocycles. The molecule has 3 heterocycles. The smallest absolute Gasteiger partial charge is 0.302 e. The lowest BCUT2D eigenvalue weighted by molar-refractivity contribution is 0.322. The highest BCUT2D eigenvalue weighted by molar-refractivity contribution is 5.74. The molecule has 0 amide bonds. The van der Waals surface area contributed by atoms with Crippen LogP contribution in [-0.2, 0) is 13.6 Å². The van der Waals surface area contributed by atoms with Crippen LogP contribution in [0.1, 0.15) is 33.1 Å². The molecule has 1 aliphatic heterocycles. The minimum absolute atomic E-state index is 0.184. The van der Waals surface area contributed by atoms with Crippen molar-refractivity contribution in [2.75, 3.05) is 24.6 Å². The normalized spacial score (nSPS) is 13.7. The van der Waals surface area contributed by atoms with Crippen LogP contribution in [0.25, 0.3) is 11.2 Å². The Balaban J connectivity index is 2.13. The lowest BCUT2D eigenvalue weighted by Crippen LogP contribution is -2.32. The number of fused-ring (bicyclic) bond motifs is 1. The van der Waals surface area contributed by atoms with Crippen LogP contribution in [0.5, 0.6) is 6.01 Å². The van der Waals surface area contributed by atoms with E-state index in [1.165, 1.54) is 11.0 Å². The third-order valence-corrected chi connectivity index (χ3v) is 4.43. The van der Waals surface area contributed by atoms with Crippen molar-refractivity contribution in [1.82, 2.24) is 19.1 Å². The third-order valence-electron chi connectivity index (χ3n) is 4.43. The fourth-order valence-electron chi connectivity index (χ4n) is 3.07. The maximum Gasteiger partial charge on any atom is 0.302 e. The minimum atomic E-state index is -0.192. The van der Waals surface area contributed by atoms with Gasteiger partial charge < -0.3 is 9.64 Å². The Bertz CT molecular complexity index is 975. The molecular weight excluding hydrogens is 330 g/mol. The minimum Gasteiger partial charge on any atom is -0.451 e. The van der Waals surface area contributed by atoms with Crippen LogP contribution in [0.2, 0.25) is 0 Å². The number of hydrogen-bond acceptors (Lipinski definition) is 5. The van der Waals surface area contributed by atoms with Crippen molar-refractivity contribution in [2.45, 2.75) is 39.7 Å². The van der Waals surface area contributed by atoms with Crippen LogP contribution in [-0.4, -0.2) is 38.8 Å². The average Bonchev–Trinajstić information content (AvgIpc) is 3.03. The molecule has 26 heavy (non-hydrogen) atoms. The molecule has 0 spiro atoms. The molecule has 0 N–H and O–H groups in total. The Hall–Kier alpha value is -2.93. The first-order chi connectivity index (χ1) is 12.7. The van der Waals surface area contributed by atoms with Crippen molar-refractivity contribution in [1.29, 1.82) is 0 Å². The molecule has 0 bridgehead atoms. The molecule has 1 fully saturated rings. The van der Waals surface area contributed by atoms with Gasteiger partial charge in [-0.3, -0.25) is 13.9 Å². The van der Waals surface area contributed by atoms with Gasteiger partial charge in [0.15, 0.2) is 17.8 Å². The van der Waals surface area contributed by atoms with Crippen LogP contribution in [0.15, 0.2) is 4.79 Å². The maximum atomic E-state index is 12.9. The molecular formula is C19H23N5O2. The summed E-state index contributed by atoms with van der Waals surface area (Å²) in [5.41, 5.74) is 0.666. The third kappa shape index (κ3) is 3.39. The van der Waals surface area contributed by atoms with Gasteiger partial charge in [0.1, 0.15) is 0 Å². The summed E-state index contributed by atoms with van der Waals surface area (Å²) in [5, 5.41) is 0. The van der Waals surface area contributed by atoms with Crippen molar-refractivity contribution in [3.8, 4) is 29.7 Å². The number of anilines is 1. The van der Waals surface area contributed by atoms with Crippen molar-refractivity contribution in [3.63, 3.8) is 0 Å². The van der Waals surface area contributed by atoms with Crippen LogP contribution in [0.4, 0.5) is 5.95 Å². The molecule has 0 saturated carbocycles. The number of aromatic nitrogens is 4. The second-order valence-corrected chi connectivity index (χ2v) is 6.12. The zero-order valence-corrected chi connectivity index (χ0v) is 15.5. The van der Waals surface area contributed by atoms with Gasteiger partial charge in [-0.15, -0.1) is 11.8 Å². The quantitative estimate of drug-likeness (QED) is 0.780.